The van der Waals surface area contributed by atoms with Gasteiger partial charge in [-0.05, 0) is 12.8 Å². The van der Waals surface area contributed by atoms with Crippen molar-refractivity contribution >= 4 is 54.7 Å². The molecule has 2 heteroatoms. The van der Waals surface area contributed by atoms with Gasteiger partial charge in [-0.1, -0.05) is 174 Å². The zero-order chi connectivity index (χ0) is 25.5. The van der Waals surface area contributed by atoms with Crippen LogP contribution in [0.25, 0.3) is 0 Å². The molecule has 1 nitrogen and oxygen atoms in total. The molecular formula is C34H68BaO. The first-order valence-electron chi connectivity index (χ1n) is 16.6. The van der Waals surface area contributed by atoms with Crippen LogP contribution in [0.4, 0.5) is 0 Å². The molecule has 212 valence electrons. The fourth-order valence-corrected chi connectivity index (χ4v) is 5.26. The van der Waals surface area contributed by atoms with Crippen LogP contribution in [0, 0.1) is 6.92 Å². The maximum atomic E-state index is 12.1. The van der Waals surface area contributed by atoms with Gasteiger partial charge in [0.1, 0.15) is 5.78 Å². The van der Waals surface area contributed by atoms with Gasteiger partial charge in [-0.3, -0.25) is 4.79 Å². The predicted octanol–water partition coefficient (Wildman–Crippen LogP) is 12.2. The van der Waals surface area contributed by atoms with E-state index in [4.69, 9.17) is 0 Å². The van der Waals surface area contributed by atoms with Crippen molar-refractivity contribution in [1.82, 2.24) is 0 Å². The molecule has 0 saturated carbocycles. The van der Waals surface area contributed by atoms with Crippen molar-refractivity contribution in [2.75, 3.05) is 0 Å². The van der Waals surface area contributed by atoms with Crippen molar-refractivity contribution in [1.29, 1.82) is 0 Å². The fraction of sp³-hybridized carbons (Fsp3) is 0.941. The van der Waals surface area contributed by atoms with Crippen molar-refractivity contribution in [3.63, 3.8) is 0 Å². The SMILES string of the molecule is [Ba+2].[CH2-]CCCCCCCCCCCCCCCC(=O)CCCCCCCCCCCCCCCCC.[H-]. The molecule has 0 N–H and O–H groups in total. The molecule has 0 atom stereocenters. The Balaban J connectivity index is -0.00000578. The molecule has 0 aromatic heterocycles. The van der Waals surface area contributed by atoms with E-state index in [2.05, 4.69) is 13.8 Å². The minimum Gasteiger partial charge on any atom is -1.00 e. The van der Waals surface area contributed by atoms with Crippen molar-refractivity contribution in [3.05, 3.63) is 6.92 Å². The van der Waals surface area contributed by atoms with Gasteiger partial charge >= 0.3 is 48.9 Å². The summed E-state index contributed by atoms with van der Waals surface area (Å²) < 4.78 is 0. The van der Waals surface area contributed by atoms with E-state index in [-0.39, 0.29) is 50.3 Å². The molecule has 0 unspecified atom stereocenters. The number of hydrogen-bond acceptors (Lipinski definition) is 1. The summed E-state index contributed by atoms with van der Waals surface area (Å²) in [5.74, 6) is 0.523. The van der Waals surface area contributed by atoms with E-state index in [1.807, 2.05) is 0 Å². The molecule has 0 aliphatic carbocycles. The molecule has 0 aliphatic rings. The van der Waals surface area contributed by atoms with Crippen molar-refractivity contribution < 1.29 is 6.22 Å². The van der Waals surface area contributed by atoms with Gasteiger partial charge in [0.05, 0.1) is 0 Å². The molecule has 0 aliphatic heterocycles. The molecule has 0 heterocycles. The molecule has 0 rings (SSSR count). The van der Waals surface area contributed by atoms with Crippen LogP contribution in [-0.2, 0) is 4.79 Å². The molecule has 36 heavy (non-hydrogen) atoms. The summed E-state index contributed by atoms with van der Waals surface area (Å²) in [6.07, 6.45) is 41.3. The Morgan fingerprint density at radius 3 is 0.889 bits per heavy atom. The van der Waals surface area contributed by atoms with E-state index in [0.29, 0.717) is 5.78 Å². The Hall–Kier alpha value is 1.24. The van der Waals surface area contributed by atoms with Gasteiger partial charge in [0.25, 0.3) is 0 Å². The quantitative estimate of drug-likeness (QED) is 0.0423. The zero-order valence-corrected chi connectivity index (χ0v) is 29.7. The van der Waals surface area contributed by atoms with Crippen LogP contribution >= 0.6 is 0 Å². The first-order valence-corrected chi connectivity index (χ1v) is 16.6. The largest absolute Gasteiger partial charge is 2.00 e. The van der Waals surface area contributed by atoms with Gasteiger partial charge in [0.15, 0.2) is 0 Å². The van der Waals surface area contributed by atoms with E-state index in [1.165, 1.54) is 167 Å². The van der Waals surface area contributed by atoms with Crippen LogP contribution in [0.1, 0.15) is 207 Å². The van der Waals surface area contributed by atoms with E-state index in [1.54, 1.807) is 0 Å². The minimum atomic E-state index is 0. The van der Waals surface area contributed by atoms with Gasteiger partial charge in [0, 0.05) is 12.8 Å². The Bertz CT molecular complexity index is 401. The molecular weight excluding hydrogens is 562 g/mol. The zero-order valence-electron chi connectivity index (χ0n) is 26.2. The van der Waals surface area contributed by atoms with Gasteiger partial charge < -0.3 is 8.35 Å². The summed E-state index contributed by atoms with van der Waals surface area (Å²) in [5, 5.41) is 0. The second-order valence-electron chi connectivity index (χ2n) is 11.4. The van der Waals surface area contributed by atoms with Crippen molar-refractivity contribution in [3.8, 4) is 0 Å². The monoisotopic (exact) mass is 630 g/mol. The van der Waals surface area contributed by atoms with Crippen LogP contribution in [-0.4, -0.2) is 54.7 Å². The molecule has 0 fully saturated rings. The van der Waals surface area contributed by atoms with Crippen molar-refractivity contribution in [2.24, 2.45) is 0 Å². The summed E-state index contributed by atoms with van der Waals surface area (Å²) in [4.78, 5) is 12.1. The molecule has 0 aromatic rings. The van der Waals surface area contributed by atoms with Gasteiger partial charge in [-0.15, -0.1) is 0 Å². The third-order valence-corrected chi connectivity index (χ3v) is 7.76. The van der Waals surface area contributed by atoms with Gasteiger partial charge in [-0.2, -0.15) is 6.42 Å². The van der Waals surface area contributed by atoms with Crippen LogP contribution in [0.2, 0.25) is 0 Å². The normalized spacial score (nSPS) is 11.1. The van der Waals surface area contributed by atoms with Crippen LogP contribution in [0.15, 0.2) is 0 Å². The number of carbonyl (C=O) groups excluding carboxylic acids is 1. The number of Topliss-reactive ketones (excluding diaryl/α,β-unsaturated/α-hetero) is 1. The summed E-state index contributed by atoms with van der Waals surface area (Å²) in [5.41, 5.74) is 0. The average molecular weight is 630 g/mol. The summed E-state index contributed by atoms with van der Waals surface area (Å²) in [6.45, 7) is 6.20. The topological polar surface area (TPSA) is 17.1 Å². The number of carbonyl (C=O) groups is 1. The number of ketones is 1. The molecule has 0 amide bonds. The molecule has 0 spiro atoms. The summed E-state index contributed by atoms with van der Waals surface area (Å²) >= 11 is 0. The maximum Gasteiger partial charge on any atom is 2.00 e. The van der Waals surface area contributed by atoms with Gasteiger partial charge in [-0.25, -0.2) is 0 Å². The molecule has 0 radical (unpaired) electrons. The standard InChI is InChI=1S/C34H67O.Ba.H/c1-3-5-7-9-11-13-15-17-19-21-23-25-27-29-31-33-34(35)32-30-28-26-24-22-20-18-16-14-12-10-8-6-4-2;;/h2-33H2,1H3;;/q-1;+2;-1. The smallest absolute Gasteiger partial charge is 1.00 e. The minimum absolute atomic E-state index is 0. The maximum absolute atomic E-state index is 12.1. The number of rotatable bonds is 31. The third-order valence-electron chi connectivity index (χ3n) is 7.76. The molecule has 0 bridgehead atoms. The second kappa shape index (κ2) is 36.2. The van der Waals surface area contributed by atoms with E-state index >= 15 is 0 Å². The number of hydrogen-bond donors (Lipinski definition) is 0. The van der Waals surface area contributed by atoms with E-state index in [0.717, 1.165) is 32.1 Å². The van der Waals surface area contributed by atoms with Crippen LogP contribution < -0.4 is 0 Å². The van der Waals surface area contributed by atoms with Crippen molar-refractivity contribution in [2.45, 2.75) is 206 Å². The fourth-order valence-electron chi connectivity index (χ4n) is 5.26. The summed E-state index contributed by atoms with van der Waals surface area (Å²) in [6, 6.07) is 0. The first kappa shape index (κ1) is 39.4. The Morgan fingerprint density at radius 2 is 0.639 bits per heavy atom. The number of unbranched alkanes of at least 4 members (excludes halogenated alkanes) is 27. The van der Waals surface area contributed by atoms with E-state index in [9.17, 15) is 4.79 Å². The van der Waals surface area contributed by atoms with E-state index < -0.39 is 0 Å². The van der Waals surface area contributed by atoms with Gasteiger partial charge in [0.2, 0.25) is 0 Å². The Labute approximate surface area is 271 Å². The van der Waals surface area contributed by atoms with Crippen LogP contribution in [0.3, 0.4) is 0 Å². The molecule has 0 saturated heterocycles. The predicted molar refractivity (Wildman–Crippen MR) is 166 cm³/mol. The van der Waals surface area contributed by atoms with Crippen LogP contribution in [0.5, 0.6) is 0 Å². The molecule has 0 aromatic carbocycles. The summed E-state index contributed by atoms with van der Waals surface area (Å²) in [7, 11) is 0. The third kappa shape index (κ3) is 35.2. The first-order chi connectivity index (χ1) is 17.3. The second-order valence-corrected chi connectivity index (χ2v) is 11.4. The Morgan fingerprint density at radius 1 is 0.417 bits per heavy atom. The Kier molecular flexibility index (Phi) is 39.6. The average Bonchev–Trinajstić information content (AvgIpc) is 2.86.